The second-order valence-electron chi connectivity index (χ2n) is 3.30. The molecule has 0 fully saturated rings. The van der Waals surface area contributed by atoms with Gasteiger partial charge in [0.25, 0.3) is 0 Å². The normalized spacial score (nSPS) is 17.3. The Kier molecular flexibility index (Phi) is 1.50. The molecular formula is C10H6O5. The van der Waals surface area contributed by atoms with Crippen molar-refractivity contribution in [2.75, 3.05) is 6.79 Å². The van der Waals surface area contributed by atoms with E-state index in [2.05, 4.69) is 4.74 Å². The number of ether oxygens (including phenoxy) is 3. The summed E-state index contributed by atoms with van der Waals surface area (Å²) in [5.41, 5.74) is 0.999. The summed E-state index contributed by atoms with van der Waals surface area (Å²) in [6, 6.07) is 3.20. The minimum absolute atomic E-state index is 0.0950. The van der Waals surface area contributed by atoms with Gasteiger partial charge in [-0.1, -0.05) is 0 Å². The number of rotatable bonds is 0. The molecule has 76 valence electrons. The van der Waals surface area contributed by atoms with E-state index < -0.39 is 11.9 Å². The zero-order chi connectivity index (χ0) is 10.4. The Balaban J connectivity index is 2.17. The third kappa shape index (κ3) is 1.16. The number of carbonyl (C=O) groups is 2. The van der Waals surface area contributed by atoms with Crippen LogP contribution in [0.4, 0.5) is 0 Å². The highest BCUT2D eigenvalue weighted by molar-refractivity contribution is 6.03. The molecule has 0 saturated heterocycles. The fourth-order valence-corrected chi connectivity index (χ4v) is 1.67. The molecular weight excluding hydrogens is 200 g/mol. The van der Waals surface area contributed by atoms with E-state index in [4.69, 9.17) is 9.47 Å². The minimum atomic E-state index is -0.625. The van der Waals surface area contributed by atoms with E-state index in [0.717, 1.165) is 0 Å². The van der Waals surface area contributed by atoms with Crippen LogP contribution in [0.3, 0.4) is 0 Å². The Morgan fingerprint density at radius 3 is 2.60 bits per heavy atom. The van der Waals surface area contributed by atoms with Gasteiger partial charge in [-0.15, -0.1) is 0 Å². The summed E-state index contributed by atoms with van der Waals surface area (Å²) in [4.78, 5) is 22.4. The van der Waals surface area contributed by atoms with Crippen LogP contribution in [0.5, 0.6) is 11.5 Å². The van der Waals surface area contributed by atoms with Gasteiger partial charge in [-0.3, -0.25) is 4.79 Å². The van der Waals surface area contributed by atoms with Crippen molar-refractivity contribution < 1.29 is 23.8 Å². The van der Waals surface area contributed by atoms with E-state index in [0.29, 0.717) is 22.6 Å². The molecule has 0 spiro atoms. The topological polar surface area (TPSA) is 61.8 Å². The van der Waals surface area contributed by atoms with Crippen molar-refractivity contribution >= 4 is 11.9 Å². The molecule has 15 heavy (non-hydrogen) atoms. The van der Waals surface area contributed by atoms with Gasteiger partial charge in [0, 0.05) is 0 Å². The monoisotopic (exact) mass is 206 g/mol. The fraction of sp³-hybridized carbons (Fsp3) is 0.200. The fourth-order valence-electron chi connectivity index (χ4n) is 1.67. The first-order valence-corrected chi connectivity index (χ1v) is 4.41. The zero-order valence-electron chi connectivity index (χ0n) is 7.61. The van der Waals surface area contributed by atoms with Crippen LogP contribution in [0.2, 0.25) is 0 Å². The first kappa shape index (κ1) is 8.28. The van der Waals surface area contributed by atoms with Crippen molar-refractivity contribution in [1.29, 1.82) is 0 Å². The average Bonchev–Trinajstić information content (AvgIpc) is 2.61. The quantitative estimate of drug-likeness (QED) is 0.460. The summed E-state index contributed by atoms with van der Waals surface area (Å²) in [6.45, 7) is 0.140. The molecule has 0 saturated carbocycles. The number of hydrogen-bond donors (Lipinski definition) is 0. The third-order valence-electron chi connectivity index (χ3n) is 2.36. The smallest absolute Gasteiger partial charge is 0.346 e. The molecule has 0 unspecified atom stereocenters. The number of hydrogen-bond acceptors (Lipinski definition) is 5. The van der Waals surface area contributed by atoms with Crippen molar-refractivity contribution in [3.8, 4) is 11.5 Å². The molecule has 1 aromatic rings. The van der Waals surface area contributed by atoms with Crippen LogP contribution in [-0.4, -0.2) is 18.7 Å². The first-order valence-electron chi connectivity index (χ1n) is 4.41. The lowest BCUT2D eigenvalue weighted by Gasteiger charge is -2.13. The molecule has 0 radical (unpaired) electrons. The van der Waals surface area contributed by atoms with Crippen LogP contribution in [0.15, 0.2) is 12.1 Å². The summed E-state index contributed by atoms with van der Waals surface area (Å²) in [7, 11) is 0. The van der Waals surface area contributed by atoms with Crippen LogP contribution in [0.25, 0.3) is 0 Å². The second kappa shape index (κ2) is 2.73. The molecule has 2 aliphatic rings. The molecule has 0 N–H and O–H groups in total. The summed E-state index contributed by atoms with van der Waals surface area (Å²) in [5.74, 6) is -0.0813. The van der Waals surface area contributed by atoms with E-state index in [1.165, 1.54) is 0 Å². The number of cyclic esters (lactones) is 2. The molecule has 2 aliphatic heterocycles. The van der Waals surface area contributed by atoms with Crippen molar-refractivity contribution in [2.24, 2.45) is 0 Å². The van der Waals surface area contributed by atoms with Gasteiger partial charge in [-0.05, 0) is 17.7 Å². The van der Waals surface area contributed by atoms with E-state index in [-0.39, 0.29) is 13.2 Å². The Morgan fingerprint density at radius 2 is 1.80 bits per heavy atom. The Morgan fingerprint density at radius 1 is 1.07 bits per heavy atom. The maximum Gasteiger partial charge on any atom is 0.346 e. The van der Waals surface area contributed by atoms with Crippen LogP contribution in [-0.2, 0) is 16.0 Å². The molecule has 5 nitrogen and oxygen atoms in total. The number of esters is 2. The number of carbonyl (C=O) groups excluding carboxylic acids is 2. The lowest BCUT2D eigenvalue weighted by atomic mass is 10.0. The molecule has 0 aliphatic carbocycles. The van der Waals surface area contributed by atoms with E-state index in [1.807, 2.05) is 0 Å². The molecule has 1 aromatic carbocycles. The van der Waals surface area contributed by atoms with Gasteiger partial charge < -0.3 is 14.2 Å². The molecule has 0 amide bonds. The summed E-state index contributed by atoms with van der Waals surface area (Å²) in [6.07, 6.45) is 0.0950. The SMILES string of the molecule is O=C1Cc2cc3c(cc2C(=O)O1)OCO3. The predicted molar refractivity (Wildman–Crippen MR) is 46.7 cm³/mol. The van der Waals surface area contributed by atoms with Gasteiger partial charge in [0.15, 0.2) is 11.5 Å². The van der Waals surface area contributed by atoms with Gasteiger partial charge in [0.05, 0.1) is 12.0 Å². The van der Waals surface area contributed by atoms with Crippen molar-refractivity contribution in [2.45, 2.75) is 6.42 Å². The highest BCUT2D eigenvalue weighted by atomic mass is 16.7. The largest absolute Gasteiger partial charge is 0.454 e. The van der Waals surface area contributed by atoms with E-state index in [9.17, 15) is 9.59 Å². The Bertz CT molecular complexity index is 477. The summed E-state index contributed by atoms with van der Waals surface area (Å²) in [5, 5.41) is 0. The minimum Gasteiger partial charge on any atom is -0.454 e. The van der Waals surface area contributed by atoms with Crippen LogP contribution in [0.1, 0.15) is 15.9 Å². The highest BCUT2D eigenvalue weighted by Crippen LogP contribution is 2.36. The van der Waals surface area contributed by atoms with E-state index >= 15 is 0 Å². The van der Waals surface area contributed by atoms with Gasteiger partial charge >= 0.3 is 11.9 Å². The second-order valence-corrected chi connectivity index (χ2v) is 3.30. The van der Waals surface area contributed by atoms with Crippen molar-refractivity contribution in [3.05, 3.63) is 23.3 Å². The maximum atomic E-state index is 11.4. The zero-order valence-corrected chi connectivity index (χ0v) is 7.61. The highest BCUT2D eigenvalue weighted by Gasteiger charge is 2.28. The van der Waals surface area contributed by atoms with Crippen LogP contribution < -0.4 is 9.47 Å². The van der Waals surface area contributed by atoms with Gasteiger partial charge in [0.2, 0.25) is 6.79 Å². The lowest BCUT2D eigenvalue weighted by Crippen LogP contribution is -2.22. The average molecular weight is 206 g/mol. The molecule has 3 rings (SSSR count). The standard InChI is InChI=1S/C10H6O5/c11-9-2-5-1-7-8(14-4-13-7)3-6(5)10(12)15-9/h1,3H,2,4H2. The first-order chi connectivity index (χ1) is 7.24. The molecule has 0 aromatic heterocycles. The predicted octanol–water partition coefficient (Wildman–Crippen LogP) is 0.655. The van der Waals surface area contributed by atoms with Crippen molar-refractivity contribution in [1.82, 2.24) is 0 Å². The summed E-state index contributed by atoms with van der Waals surface area (Å²) >= 11 is 0. The summed E-state index contributed by atoms with van der Waals surface area (Å²) < 4.78 is 14.8. The molecule has 2 heterocycles. The number of fused-ring (bicyclic) bond motifs is 2. The van der Waals surface area contributed by atoms with Gasteiger partial charge in [0.1, 0.15) is 0 Å². The molecule has 0 atom stereocenters. The molecule has 0 bridgehead atoms. The third-order valence-corrected chi connectivity index (χ3v) is 2.36. The maximum absolute atomic E-state index is 11.4. The van der Waals surface area contributed by atoms with Gasteiger partial charge in [-0.25, -0.2) is 4.79 Å². The van der Waals surface area contributed by atoms with Crippen LogP contribution in [0, 0.1) is 0 Å². The number of benzene rings is 1. The van der Waals surface area contributed by atoms with E-state index in [1.54, 1.807) is 12.1 Å². The Labute approximate surface area is 84.5 Å². The van der Waals surface area contributed by atoms with Gasteiger partial charge in [-0.2, -0.15) is 0 Å². The lowest BCUT2D eigenvalue weighted by molar-refractivity contribution is -0.137. The Hall–Kier alpha value is -2.04. The van der Waals surface area contributed by atoms with Crippen molar-refractivity contribution in [3.63, 3.8) is 0 Å². The molecule has 5 heteroatoms. The van der Waals surface area contributed by atoms with Crippen LogP contribution >= 0.6 is 0 Å².